The number of para-hydroxylation sites is 2. The summed E-state index contributed by atoms with van der Waals surface area (Å²) in [6.07, 6.45) is 0. The largest absolute Gasteiger partial charge is 0.309 e. The van der Waals surface area contributed by atoms with E-state index in [0.29, 0.717) is 0 Å². The van der Waals surface area contributed by atoms with Crippen molar-refractivity contribution in [2.24, 2.45) is 0 Å². The molecule has 0 unspecified atom stereocenters. The summed E-state index contributed by atoms with van der Waals surface area (Å²) in [4.78, 5) is 5.36. The van der Waals surface area contributed by atoms with Crippen molar-refractivity contribution < 1.29 is 0 Å². The minimum atomic E-state index is 1.01. The van der Waals surface area contributed by atoms with Gasteiger partial charge in [0.15, 0.2) is 5.65 Å². The Hall–Kier alpha value is -6.75. The van der Waals surface area contributed by atoms with Crippen molar-refractivity contribution in [3.63, 3.8) is 0 Å². The number of rotatable bonds is 3. The van der Waals surface area contributed by atoms with Gasteiger partial charge in [0.25, 0.3) is 0 Å². The lowest BCUT2D eigenvalue weighted by Gasteiger charge is -2.11. The van der Waals surface area contributed by atoms with Crippen LogP contribution >= 0.6 is 11.3 Å². The maximum Gasteiger partial charge on any atom is 0.156 e. The van der Waals surface area contributed by atoms with E-state index in [9.17, 15) is 0 Å². The molecule has 3 nitrogen and oxygen atoms in total. The summed E-state index contributed by atoms with van der Waals surface area (Å²) in [5, 5.41) is 10.0. The smallest absolute Gasteiger partial charge is 0.156 e. The van der Waals surface area contributed by atoms with Gasteiger partial charge in [0, 0.05) is 31.9 Å². The summed E-state index contributed by atoms with van der Waals surface area (Å²) in [6.45, 7) is 0. The van der Waals surface area contributed by atoms with Gasteiger partial charge in [0.1, 0.15) is 0 Å². The molecule has 0 aliphatic heterocycles. The van der Waals surface area contributed by atoms with Gasteiger partial charge >= 0.3 is 0 Å². The van der Waals surface area contributed by atoms with Crippen LogP contribution in [-0.2, 0) is 0 Å². The molecule has 8 aromatic carbocycles. The third-order valence-electron chi connectivity index (χ3n) is 11.1. The summed E-state index contributed by atoms with van der Waals surface area (Å²) in [5.74, 6) is 0. The standard InChI is InChI=1S/C49H29N3S/c1-2-10-34-26-36-28-46-42(27-35(36)25-33(34)9-1)50-49-48-41(40-13-5-8-16-47(40)53-48)29-45(52(46)49)32-19-17-30(18-20-32)31-21-23-37(24-22-31)51-43-14-6-3-11-38(43)39-12-4-7-15-44(39)51/h1-29H. The highest BCUT2D eigenvalue weighted by atomic mass is 32.1. The molecular weight excluding hydrogens is 663 g/mol. The van der Waals surface area contributed by atoms with Crippen LogP contribution in [0.1, 0.15) is 0 Å². The van der Waals surface area contributed by atoms with E-state index in [1.165, 1.54) is 74.6 Å². The van der Waals surface area contributed by atoms with Gasteiger partial charge in [-0.1, -0.05) is 115 Å². The predicted octanol–water partition coefficient (Wildman–Crippen LogP) is 13.6. The SMILES string of the molecule is c1ccc2cc3cc4c(cc3cc2c1)nc1c2sc3ccccc3c2cc(-c2ccc(-c3ccc(-n5c6ccccc6c6ccccc65)cc3)cc2)n41. The van der Waals surface area contributed by atoms with Gasteiger partial charge < -0.3 is 4.57 Å². The van der Waals surface area contributed by atoms with Crippen LogP contribution in [0.4, 0.5) is 0 Å². The molecule has 53 heavy (non-hydrogen) atoms. The lowest BCUT2D eigenvalue weighted by atomic mass is 10.0. The van der Waals surface area contributed by atoms with Gasteiger partial charge in [-0.15, -0.1) is 11.3 Å². The zero-order chi connectivity index (χ0) is 34.6. The van der Waals surface area contributed by atoms with Crippen LogP contribution in [0.5, 0.6) is 0 Å². The average Bonchev–Trinajstić information content (AvgIpc) is 3.89. The van der Waals surface area contributed by atoms with E-state index in [-0.39, 0.29) is 0 Å². The third kappa shape index (κ3) is 4.24. The van der Waals surface area contributed by atoms with E-state index in [1.807, 2.05) is 11.3 Å². The molecule has 4 aromatic heterocycles. The third-order valence-corrected chi connectivity index (χ3v) is 12.2. The fraction of sp³-hybridized carbons (Fsp3) is 0. The molecule has 12 rings (SSSR count). The monoisotopic (exact) mass is 691 g/mol. The Bertz CT molecular complexity index is 3380. The van der Waals surface area contributed by atoms with E-state index in [4.69, 9.17) is 4.98 Å². The highest BCUT2D eigenvalue weighted by molar-refractivity contribution is 7.26. The second-order valence-corrected chi connectivity index (χ2v) is 15.1. The number of aromatic nitrogens is 3. The van der Waals surface area contributed by atoms with E-state index < -0.39 is 0 Å². The van der Waals surface area contributed by atoms with Crippen molar-refractivity contribution >= 4 is 91.5 Å². The minimum absolute atomic E-state index is 1.01. The van der Waals surface area contributed by atoms with Gasteiger partial charge in [-0.2, -0.15) is 0 Å². The number of pyridine rings is 1. The van der Waals surface area contributed by atoms with Gasteiger partial charge in [-0.3, -0.25) is 4.40 Å². The van der Waals surface area contributed by atoms with Crippen molar-refractivity contribution in [3.8, 4) is 28.1 Å². The Balaban J connectivity index is 1.01. The summed E-state index contributed by atoms with van der Waals surface area (Å²) in [6, 6.07) is 64.3. The van der Waals surface area contributed by atoms with Crippen LogP contribution in [0.25, 0.3) is 108 Å². The molecule has 0 N–H and O–H groups in total. The zero-order valence-corrected chi connectivity index (χ0v) is 29.3. The maximum atomic E-state index is 5.36. The zero-order valence-electron chi connectivity index (χ0n) is 28.5. The second-order valence-electron chi connectivity index (χ2n) is 14.0. The average molecular weight is 692 g/mol. The van der Waals surface area contributed by atoms with Crippen LogP contribution in [0.3, 0.4) is 0 Å². The van der Waals surface area contributed by atoms with Crippen LogP contribution in [-0.4, -0.2) is 14.0 Å². The fourth-order valence-corrected chi connectivity index (χ4v) is 9.70. The highest BCUT2D eigenvalue weighted by Crippen LogP contribution is 2.42. The highest BCUT2D eigenvalue weighted by Gasteiger charge is 2.19. The number of benzene rings is 8. The molecule has 0 saturated heterocycles. The first-order valence-corrected chi connectivity index (χ1v) is 18.9. The first kappa shape index (κ1) is 28.9. The van der Waals surface area contributed by atoms with Crippen LogP contribution in [0, 0.1) is 0 Å². The Labute approximate surface area is 308 Å². The number of fused-ring (bicyclic) bond motifs is 12. The summed E-state index contributed by atoms with van der Waals surface area (Å²) >= 11 is 1.83. The number of imidazole rings is 1. The maximum absolute atomic E-state index is 5.36. The van der Waals surface area contributed by atoms with Crippen molar-refractivity contribution in [2.75, 3.05) is 0 Å². The van der Waals surface area contributed by atoms with E-state index in [2.05, 4.69) is 185 Å². The molecule has 0 radical (unpaired) electrons. The van der Waals surface area contributed by atoms with E-state index in [1.54, 1.807) is 0 Å². The molecule has 0 amide bonds. The van der Waals surface area contributed by atoms with Gasteiger partial charge in [-0.05, 0) is 98.9 Å². The molecule has 0 aliphatic carbocycles. The minimum Gasteiger partial charge on any atom is -0.309 e. The molecule has 4 heteroatoms. The predicted molar refractivity (Wildman–Crippen MR) is 226 cm³/mol. The van der Waals surface area contributed by atoms with E-state index >= 15 is 0 Å². The summed E-state index contributed by atoms with van der Waals surface area (Å²) in [7, 11) is 0. The molecule has 4 heterocycles. The normalized spacial score (nSPS) is 12.2. The topological polar surface area (TPSA) is 22.2 Å². The Morgan fingerprint density at radius 2 is 0.981 bits per heavy atom. The van der Waals surface area contributed by atoms with Crippen molar-refractivity contribution in [1.82, 2.24) is 14.0 Å². The molecule has 0 atom stereocenters. The number of hydrogen-bond acceptors (Lipinski definition) is 2. The lowest BCUT2D eigenvalue weighted by molar-refractivity contribution is 1.18. The molecule has 0 fully saturated rings. The lowest BCUT2D eigenvalue weighted by Crippen LogP contribution is -1.94. The van der Waals surface area contributed by atoms with Crippen LogP contribution < -0.4 is 0 Å². The van der Waals surface area contributed by atoms with E-state index in [0.717, 1.165) is 33.6 Å². The fourth-order valence-electron chi connectivity index (χ4n) is 8.54. The molecule has 0 saturated carbocycles. The van der Waals surface area contributed by atoms with Crippen molar-refractivity contribution in [2.45, 2.75) is 0 Å². The molecule has 246 valence electrons. The second kappa shape index (κ2) is 10.9. The molecule has 0 spiro atoms. The Morgan fingerprint density at radius 3 is 1.68 bits per heavy atom. The van der Waals surface area contributed by atoms with Crippen LogP contribution in [0.15, 0.2) is 176 Å². The van der Waals surface area contributed by atoms with Crippen LogP contribution in [0.2, 0.25) is 0 Å². The molecule has 0 bridgehead atoms. The van der Waals surface area contributed by atoms with Gasteiger partial charge in [0.05, 0.1) is 32.5 Å². The quantitative estimate of drug-likeness (QED) is 0.169. The number of thiophene rings is 1. The Morgan fingerprint density at radius 1 is 0.415 bits per heavy atom. The first-order chi connectivity index (χ1) is 26.2. The molecule has 12 aromatic rings. The van der Waals surface area contributed by atoms with Crippen molar-refractivity contribution in [1.29, 1.82) is 0 Å². The number of hydrogen-bond donors (Lipinski definition) is 0. The Kier molecular flexibility index (Phi) is 5.93. The first-order valence-electron chi connectivity index (χ1n) is 18.0. The number of nitrogens with zero attached hydrogens (tertiary/aromatic N) is 3. The summed E-state index contributed by atoms with van der Waals surface area (Å²) < 4.78 is 7.26. The molecular formula is C49H29N3S. The van der Waals surface area contributed by atoms with Crippen molar-refractivity contribution in [3.05, 3.63) is 176 Å². The molecule has 0 aliphatic rings. The summed E-state index contributed by atoms with van der Waals surface area (Å²) in [5.41, 5.74) is 11.4. The van der Waals surface area contributed by atoms with Gasteiger partial charge in [0.2, 0.25) is 0 Å². The van der Waals surface area contributed by atoms with Gasteiger partial charge in [-0.25, -0.2) is 4.98 Å².